The van der Waals surface area contributed by atoms with Crippen LogP contribution in [0.5, 0.6) is 0 Å². The van der Waals surface area contributed by atoms with Gasteiger partial charge in [-0.1, -0.05) is 56.3 Å². The van der Waals surface area contributed by atoms with Crippen molar-refractivity contribution < 1.29 is 22.8 Å². The molecule has 2 unspecified atom stereocenters. The molecule has 0 fully saturated rings. The van der Waals surface area contributed by atoms with Crippen molar-refractivity contribution in [3.05, 3.63) is 65.7 Å². The quantitative estimate of drug-likeness (QED) is 0.605. The SMILES string of the molecule is CCC(C)NC(=O)C(CC)N(Cc1ccccc1)C(=O)CN1C(=O)c2ccccc2S1(=O)=O. The van der Waals surface area contributed by atoms with Crippen molar-refractivity contribution in [2.45, 2.75) is 57.1 Å². The lowest BCUT2D eigenvalue weighted by molar-refractivity contribution is -0.141. The monoisotopic (exact) mass is 471 g/mol. The number of nitrogens with one attached hydrogen (secondary N) is 1. The molecule has 0 spiro atoms. The highest BCUT2D eigenvalue weighted by Crippen LogP contribution is 2.30. The highest BCUT2D eigenvalue weighted by Gasteiger charge is 2.43. The highest BCUT2D eigenvalue weighted by molar-refractivity contribution is 7.90. The minimum Gasteiger partial charge on any atom is -0.352 e. The van der Waals surface area contributed by atoms with E-state index < -0.39 is 34.4 Å². The number of hydrogen-bond donors (Lipinski definition) is 1. The van der Waals surface area contributed by atoms with Gasteiger partial charge < -0.3 is 10.2 Å². The summed E-state index contributed by atoms with van der Waals surface area (Å²) in [6.45, 7) is 5.05. The molecule has 33 heavy (non-hydrogen) atoms. The fraction of sp³-hybridized carbons (Fsp3) is 0.375. The van der Waals surface area contributed by atoms with Crippen molar-refractivity contribution in [1.29, 1.82) is 0 Å². The molecule has 0 bridgehead atoms. The van der Waals surface area contributed by atoms with Gasteiger partial charge in [-0.2, -0.15) is 0 Å². The number of sulfonamides is 1. The zero-order valence-electron chi connectivity index (χ0n) is 19.0. The molecule has 0 saturated heterocycles. The van der Waals surface area contributed by atoms with Crippen molar-refractivity contribution >= 4 is 27.7 Å². The first-order valence-electron chi connectivity index (χ1n) is 11.0. The molecule has 0 aromatic heterocycles. The predicted molar refractivity (Wildman–Crippen MR) is 124 cm³/mol. The number of amides is 3. The van der Waals surface area contributed by atoms with E-state index >= 15 is 0 Å². The molecule has 0 radical (unpaired) electrons. The van der Waals surface area contributed by atoms with Crippen LogP contribution >= 0.6 is 0 Å². The normalized spacial score (nSPS) is 16.1. The molecule has 1 aliphatic heterocycles. The van der Waals surface area contributed by atoms with Crippen LogP contribution in [0.1, 0.15) is 49.5 Å². The first-order valence-corrected chi connectivity index (χ1v) is 12.4. The van der Waals surface area contributed by atoms with Gasteiger partial charge in [0.25, 0.3) is 15.9 Å². The Morgan fingerprint density at radius 2 is 1.64 bits per heavy atom. The van der Waals surface area contributed by atoms with Crippen molar-refractivity contribution in [2.75, 3.05) is 6.54 Å². The summed E-state index contributed by atoms with van der Waals surface area (Å²) in [6, 6.07) is 14.1. The fourth-order valence-corrected chi connectivity index (χ4v) is 5.26. The maximum atomic E-state index is 13.4. The third-order valence-electron chi connectivity index (χ3n) is 5.77. The Balaban J connectivity index is 1.91. The molecule has 1 N–H and O–H groups in total. The summed E-state index contributed by atoms with van der Waals surface area (Å²) in [5.41, 5.74) is 0.834. The molecule has 9 heteroatoms. The van der Waals surface area contributed by atoms with Gasteiger partial charge in [0.1, 0.15) is 17.5 Å². The van der Waals surface area contributed by atoms with Crippen molar-refractivity contribution in [2.24, 2.45) is 0 Å². The van der Waals surface area contributed by atoms with Crippen LogP contribution < -0.4 is 5.32 Å². The molecule has 1 aliphatic rings. The number of carbonyl (C=O) groups is 3. The van der Waals surface area contributed by atoms with Crippen LogP contribution in [0.25, 0.3) is 0 Å². The van der Waals surface area contributed by atoms with Gasteiger partial charge in [0.05, 0.1) is 5.56 Å². The van der Waals surface area contributed by atoms with Crippen LogP contribution in [0.2, 0.25) is 0 Å². The van der Waals surface area contributed by atoms with E-state index in [1.54, 1.807) is 13.0 Å². The molecule has 176 valence electrons. The van der Waals surface area contributed by atoms with Crippen molar-refractivity contribution in [3.8, 4) is 0 Å². The van der Waals surface area contributed by atoms with E-state index in [9.17, 15) is 22.8 Å². The van der Waals surface area contributed by atoms with Gasteiger partial charge in [-0.25, -0.2) is 12.7 Å². The number of hydrogen-bond acceptors (Lipinski definition) is 5. The Bertz CT molecular complexity index is 1130. The second kappa shape index (κ2) is 10.2. The molecular weight excluding hydrogens is 442 g/mol. The summed E-state index contributed by atoms with van der Waals surface area (Å²) in [6.07, 6.45) is 1.06. The van der Waals surface area contributed by atoms with Crippen LogP contribution in [0.15, 0.2) is 59.5 Å². The van der Waals surface area contributed by atoms with Crippen LogP contribution in [0.3, 0.4) is 0 Å². The Morgan fingerprint density at radius 1 is 1.00 bits per heavy atom. The lowest BCUT2D eigenvalue weighted by Gasteiger charge is -2.32. The van der Waals surface area contributed by atoms with Gasteiger partial charge >= 0.3 is 0 Å². The average Bonchev–Trinajstić information content (AvgIpc) is 3.00. The van der Waals surface area contributed by atoms with Gasteiger partial charge in [0.15, 0.2) is 0 Å². The summed E-state index contributed by atoms with van der Waals surface area (Å²) in [5.74, 6) is -1.67. The number of carbonyl (C=O) groups excluding carboxylic acids is 3. The lowest BCUT2D eigenvalue weighted by atomic mass is 10.1. The van der Waals surface area contributed by atoms with Crippen LogP contribution in [0.4, 0.5) is 0 Å². The Hall–Kier alpha value is -3.20. The first kappa shape index (κ1) is 24.4. The van der Waals surface area contributed by atoms with Gasteiger partial charge in [-0.3, -0.25) is 14.4 Å². The number of fused-ring (bicyclic) bond motifs is 1. The van der Waals surface area contributed by atoms with Crippen LogP contribution in [0, 0.1) is 0 Å². The third kappa shape index (κ3) is 5.08. The Kier molecular flexibility index (Phi) is 7.53. The predicted octanol–water partition coefficient (Wildman–Crippen LogP) is 2.55. The summed E-state index contributed by atoms with van der Waals surface area (Å²) in [4.78, 5) is 40.5. The molecule has 3 rings (SSSR count). The lowest BCUT2D eigenvalue weighted by Crippen LogP contribution is -2.53. The summed E-state index contributed by atoms with van der Waals surface area (Å²) < 4.78 is 26.4. The van der Waals surface area contributed by atoms with E-state index in [1.807, 2.05) is 44.2 Å². The minimum atomic E-state index is -4.14. The van der Waals surface area contributed by atoms with Gasteiger partial charge in [-0.05, 0) is 37.5 Å². The molecule has 3 amide bonds. The maximum Gasteiger partial charge on any atom is 0.269 e. The second-order valence-electron chi connectivity index (χ2n) is 8.06. The minimum absolute atomic E-state index is 0.0430. The summed E-state index contributed by atoms with van der Waals surface area (Å²) in [7, 11) is -4.14. The van der Waals surface area contributed by atoms with Gasteiger partial charge in [0.2, 0.25) is 11.8 Å². The fourth-order valence-electron chi connectivity index (χ4n) is 3.74. The zero-order valence-corrected chi connectivity index (χ0v) is 19.8. The van der Waals surface area contributed by atoms with E-state index in [0.717, 1.165) is 12.0 Å². The number of nitrogens with zero attached hydrogens (tertiary/aromatic N) is 2. The summed E-state index contributed by atoms with van der Waals surface area (Å²) >= 11 is 0. The largest absolute Gasteiger partial charge is 0.352 e. The van der Waals surface area contributed by atoms with E-state index in [4.69, 9.17) is 0 Å². The molecule has 2 aromatic carbocycles. The van der Waals surface area contributed by atoms with Crippen molar-refractivity contribution in [1.82, 2.24) is 14.5 Å². The molecule has 2 aromatic rings. The van der Waals surface area contributed by atoms with E-state index in [-0.39, 0.29) is 29.0 Å². The number of rotatable bonds is 9. The summed E-state index contributed by atoms with van der Waals surface area (Å²) in [5, 5.41) is 2.90. The standard InChI is InChI=1S/C24H29N3O5S/c1-4-17(3)25-23(29)20(5-2)26(15-18-11-7-6-8-12-18)22(28)16-27-24(30)19-13-9-10-14-21(19)33(27,31)32/h6-14,17,20H,4-5,15-16H2,1-3H3,(H,25,29). The molecule has 0 saturated carbocycles. The topological polar surface area (TPSA) is 104 Å². The Morgan fingerprint density at radius 3 is 2.24 bits per heavy atom. The van der Waals surface area contributed by atoms with E-state index in [1.165, 1.54) is 23.1 Å². The first-order chi connectivity index (χ1) is 15.7. The molecular formula is C24H29N3O5S. The molecule has 0 aliphatic carbocycles. The second-order valence-corrected chi connectivity index (χ2v) is 9.89. The van der Waals surface area contributed by atoms with E-state index in [2.05, 4.69) is 5.32 Å². The van der Waals surface area contributed by atoms with Gasteiger partial charge in [0, 0.05) is 12.6 Å². The van der Waals surface area contributed by atoms with Crippen LogP contribution in [-0.2, 0) is 26.2 Å². The third-order valence-corrected chi connectivity index (χ3v) is 7.56. The average molecular weight is 472 g/mol. The number of benzene rings is 2. The highest BCUT2D eigenvalue weighted by atomic mass is 32.2. The molecule has 2 atom stereocenters. The van der Waals surface area contributed by atoms with E-state index in [0.29, 0.717) is 10.7 Å². The van der Waals surface area contributed by atoms with Gasteiger partial charge in [-0.15, -0.1) is 0 Å². The Labute approximate surface area is 194 Å². The smallest absolute Gasteiger partial charge is 0.269 e. The molecule has 8 nitrogen and oxygen atoms in total. The molecule has 1 heterocycles. The van der Waals surface area contributed by atoms with Crippen LogP contribution in [-0.4, -0.2) is 54.0 Å². The maximum absolute atomic E-state index is 13.4. The van der Waals surface area contributed by atoms with Crippen molar-refractivity contribution in [3.63, 3.8) is 0 Å². The zero-order chi connectivity index (χ0) is 24.2.